The maximum atomic E-state index is 13.2. The molecule has 1 aliphatic rings. The molecule has 0 radical (unpaired) electrons. The predicted molar refractivity (Wildman–Crippen MR) is 124 cm³/mol. The Morgan fingerprint density at radius 3 is 2.61 bits per heavy atom. The molecule has 3 aromatic rings. The van der Waals surface area contributed by atoms with Crippen molar-refractivity contribution < 1.29 is 14.1 Å². The van der Waals surface area contributed by atoms with Crippen LogP contribution in [0.5, 0.6) is 5.75 Å². The van der Waals surface area contributed by atoms with Crippen LogP contribution >= 0.6 is 11.3 Å². The van der Waals surface area contributed by atoms with Gasteiger partial charge in [0.05, 0.1) is 29.5 Å². The van der Waals surface area contributed by atoms with E-state index in [9.17, 15) is 9.32 Å². The summed E-state index contributed by atoms with van der Waals surface area (Å²) in [5, 5.41) is 15.6. The lowest BCUT2D eigenvalue weighted by molar-refractivity contribution is 0.121. The normalized spacial score (nSPS) is 20.8. The van der Waals surface area contributed by atoms with Gasteiger partial charge in [0.15, 0.2) is 0 Å². The molecule has 7 nitrogen and oxygen atoms in total. The number of fused-ring (bicyclic) bond motifs is 1. The number of methoxy groups -OCH3 is 1. The van der Waals surface area contributed by atoms with Gasteiger partial charge in [-0.15, -0.1) is 0 Å². The van der Waals surface area contributed by atoms with Gasteiger partial charge in [-0.1, -0.05) is 32.1 Å². The van der Waals surface area contributed by atoms with E-state index in [1.54, 1.807) is 18.4 Å². The number of imidazole rings is 1. The summed E-state index contributed by atoms with van der Waals surface area (Å²) in [5.74, 6) is 0.581. The van der Waals surface area contributed by atoms with Crippen molar-refractivity contribution in [3.05, 3.63) is 28.9 Å². The van der Waals surface area contributed by atoms with Crippen LogP contribution in [0.3, 0.4) is 0 Å². The van der Waals surface area contributed by atoms with Gasteiger partial charge < -0.3 is 9.84 Å². The molecule has 0 saturated heterocycles. The monoisotopic (exact) mass is 462 g/mol. The van der Waals surface area contributed by atoms with E-state index < -0.39 is 11.0 Å². The number of aryl methyl sites for hydroxylation is 1. The van der Waals surface area contributed by atoms with Crippen molar-refractivity contribution in [1.82, 2.24) is 19.3 Å². The van der Waals surface area contributed by atoms with E-state index >= 15 is 0 Å². The second-order valence-corrected chi connectivity index (χ2v) is 11.3. The molecule has 4 rings (SSSR count). The van der Waals surface area contributed by atoms with E-state index in [4.69, 9.17) is 14.8 Å². The molecule has 2 N–H and O–H groups in total. The maximum Gasteiger partial charge on any atom is 0.212 e. The number of hydrogen-bond donors (Lipinski definition) is 2. The number of nitrogens with zero attached hydrogens (tertiary/aromatic N) is 3. The molecule has 0 amide bonds. The molecule has 0 spiro atoms. The molecule has 1 aliphatic carbocycles. The second kappa shape index (κ2) is 8.61. The minimum Gasteiger partial charge on any atom is -0.495 e. The first-order valence-corrected chi connectivity index (χ1v) is 12.5. The molecular weight excluding hydrogens is 432 g/mol. The van der Waals surface area contributed by atoms with E-state index in [0.29, 0.717) is 10.6 Å². The molecule has 1 aromatic carbocycles. The molecule has 0 bridgehead atoms. The van der Waals surface area contributed by atoms with Crippen LogP contribution in [0.4, 0.5) is 0 Å². The smallest absolute Gasteiger partial charge is 0.212 e. The van der Waals surface area contributed by atoms with Crippen LogP contribution in [0.15, 0.2) is 23.1 Å². The SMILES string of the molecule is COc1ccc(-c2c(C)nc3sc(C(C)(C)C)nn23)cc1S(=O)NC1CCC(O)CC1. The van der Waals surface area contributed by atoms with Crippen molar-refractivity contribution in [2.45, 2.75) is 75.8 Å². The molecule has 2 aromatic heterocycles. The van der Waals surface area contributed by atoms with Crippen LogP contribution in [0.2, 0.25) is 0 Å². The van der Waals surface area contributed by atoms with Gasteiger partial charge in [0.2, 0.25) is 4.96 Å². The van der Waals surface area contributed by atoms with Gasteiger partial charge in [0, 0.05) is 17.0 Å². The summed E-state index contributed by atoms with van der Waals surface area (Å²) in [4.78, 5) is 6.17. The average Bonchev–Trinajstić information content (AvgIpc) is 3.26. The summed E-state index contributed by atoms with van der Waals surface area (Å²) < 4.78 is 23.8. The Kier molecular flexibility index (Phi) is 6.22. The molecular formula is C22H30N4O3S2. The zero-order valence-corrected chi connectivity index (χ0v) is 20.3. The summed E-state index contributed by atoms with van der Waals surface area (Å²) >= 11 is 1.60. The predicted octanol–water partition coefficient (Wildman–Crippen LogP) is 3.99. The van der Waals surface area contributed by atoms with Gasteiger partial charge in [-0.3, -0.25) is 0 Å². The number of nitrogens with one attached hydrogen (secondary N) is 1. The van der Waals surface area contributed by atoms with Gasteiger partial charge in [0.25, 0.3) is 0 Å². The number of ether oxygens (including phenoxy) is 1. The molecule has 1 unspecified atom stereocenters. The third kappa shape index (κ3) is 4.55. The summed E-state index contributed by atoms with van der Waals surface area (Å²) in [7, 11) is 0.159. The van der Waals surface area contributed by atoms with Crippen LogP contribution in [0.1, 0.15) is 57.2 Å². The highest BCUT2D eigenvalue weighted by molar-refractivity contribution is 7.83. The van der Waals surface area contributed by atoms with E-state index in [1.165, 1.54) is 0 Å². The molecule has 2 heterocycles. The molecule has 1 atom stereocenters. The Bertz CT molecular complexity index is 1110. The van der Waals surface area contributed by atoms with Gasteiger partial charge in [-0.2, -0.15) is 5.10 Å². The third-order valence-electron chi connectivity index (χ3n) is 5.63. The lowest BCUT2D eigenvalue weighted by atomic mass is 9.94. The van der Waals surface area contributed by atoms with Crippen molar-refractivity contribution >= 4 is 27.3 Å². The van der Waals surface area contributed by atoms with Crippen LogP contribution < -0.4 is 9.46 Å². The largest absolute Gasteiger partial charge is 0.495 e. The minimum absolute atomic E-state index is 0.0550. The summed E-state index contributed by atoms with van der Waals surface area (Å²) in [6.07, 6.45) is 2.85. The third-order valence-corrected chi connectivity index (χ3v) is 8.23. The Hall–Kier alpha value is -1.81. The molecule has 1 fully saturated rings. The van der Waals surface area contributed by atoms with E-state index in [0.717, 1.165) is 52.6 Å². The van der Waals surface area contributed by atoms with Gasteiger partial charge in [-0.25, -0.2) is 18.4 Å². The summed E-state index contributed by atoms with van der Waals surface area (Å²) in [6, 6.07) is 5.84. The van der Waals surface area contributed by atoms with E-state index in [-0.39, 0.29) is 17.6 Å². The fraction of sp³-hybridized carbons (Fsp3) is 0.545. The number of hydrogen-bond acceptors (Lipinski definition) is 6. The highest BCUT2D eigenvalue weighted by Crippen LogP contribution is 2.34. The molecule has 1 saturated carbocycles. The van der Waals surface area contributed by atoms with Crippen molar-refractivity contribution in [2.75, 3.05) is 7.11 Å². The number of rotatable bonds is 5. The first-order valence-electron chi connectivity index (χ1n) is 10.6. The average molecular weight is 463 g/mol. The van der Waals surface area contributed by atoms with Crippen LogP contribution in [-0.4, -0.2) is 43.2 Å². The Balaban J connectivity index is 1.69. The second-order valence-electron chi connectivity index (χ2n) is 9.16. The lowest BCUT2D eigenvalue weighted by Gasteiger charge is -2.26. The zero-order chi connectivity index (χ0) is 22.3. The highest BCUT2D eigenvalue weighted by Gasteiger charge is 2.25. The standard InChI is InChI=1S/C22H30N4O3S2/c1-13-19(26-21(23-13)30-20(24-26)22(2,3)4)14-6-11-17(29-5)18(12-14)31(28)25-15-7-9-16(27)10-8-15/h6,11-12,15-16,25,27H,7-10H2,1-5H3. The molecule has 0 aliphatic heterocycles. The first-order chi connectivity index (χ1) is 14.7. The minimum atomic E-state index is -1.43. The molecule has 168 valence electrons. The Morgan fingerprint density at radius 1 is 1.26 bits per heavy atom. The lowest BCUT2D eigenvalue weighted by Crippen LogP contribution is -2.35. The zero-order valence-electron chi connectivity index (χ0n) is 18.6. The van der Waals surface area contributed by atoms with Gasteiger partial charge in [-0.05, 0) is 50.8 Å². The first kappa shape index (κ1) is 22.4. The van der Waals surface area contributed by atoms with Crippen molar-refractivity contribution in [1.29, 1.82) is 0 Å². The van der Waals surface area contributed by atoms with Crippen LogP contribution in [0, 0.1) is 6.92 Å². The maximum absolute atomic E-state index is 13.2. The Morgan fingerprint density at radius 2 is 1.97 bits per heavy atom. The van der Waals surface area contributed by atoms with E-state index in [2.05, 4.69) is 25.5 Å². The van der Waals surface area contributed by atoms with Crippen molar-refractivity contribution in [3.8, 4) is 17.0 Å². The quantitative estimate of drug-likeness (QED) is 0.599. The fourth-order valence-electron chi connectivity index (χ4n) is 3.86. The molecule has 31 heavy (non-hydrogen) atoms. The van der Waals surface area contributed by atoms with Crippen LogP contribution in [-0.2, 0) is 16.4 Å². The van der Waals surface area contributed by atoms with Crippen molar-refractivity contribution in [3.63, 3.8) is 0 Å². The highest BCUT2D eigenvalue weighted by atomic mass is 32.2. The number of aliphatic hydroxyl groups excluding tert-OH is 1. The fourth-order valence-corrected chi connectivity index (χ4v) is 6.10. The van der Waals surface area contributed by atoms with Crippen molar-refractivity contribution in [2.24, 2.45) is 0 Å². The number of aromatic nitrogens is 3. The summed E-state index contributed by atoms with van der Waals surface area (Å²) in [6.45, 7) is 8.40. The summed E-state index contributed by atoms with van der Waals surface area (Å²) in [5.41, 5.74) is 2.64. The van der Waals surface area contributed by atoms with Gasteiger partial charge in [0.1, 0.15) is 21.7 Å². The van der Waals surface area contributed by atoms with Gasteiger partial charge >= 0.3 is 0 Å². The van der Waals surface area contributed by atoms with Crippen LogP contribution in [0.25, 0.3) is 16.2 Å². The Labute approximate surface area is 189 Å². The van der Waals surface area contributed by atoms with E-state index in [1.807, 2.05) is 29.6 Å². The molecule has 9 heteroatoms. The topological polar surface area (TPSA) is 88.8 Å². The number of benzene rings is 1. The number of aliphatic hydroxyl groups is 1.